The molecule has 0 bridgehead atoms. The van der Waals surface area contributed by atoms with E-state index in [2.05, 4.69) is 0 Å². The van der Waals surface area contributed by atoms with Gasteiger partial charge in [-0.25, -0.2) is 0 Å². The third kappa shape index (κ3) is 2.89. The van der Waals surface area contributed by atoms with Crippen LogP contribution < -0.4 is 0 Å². The number of rotatable bonds is 4. The number of hydrogen-bond acceptors (Lipinski definition) is 5. The molecule has 1 heterocycles. The lowest BCUT2D eigenvalue weighted by atomic mass is 9.92. The lowest BCUT2D eigenvalue weighted by Crippen LogP contribution is -2.58. The van der Waals surface area contributed by atoms with Crippen molar-refractivity contribution >= 4 is 0 Å². The highest BCUT2D eigenvalue weighted by Crippen LogP contribution is 2.24. The summed E-state index contributed by atoms with van der Waals surface area (Å²) in [5.74, 6) is 0. The Balaban J connectivity index is 2.57. The van der Waals surface area contributed by atoms with Crippen molar-refractivity contribution < 1.29 is 25.2 Å². The van der Waals surface area contributed by atoms with Gasteiger partial charge >= 0.3 is 0 Å². The Morgan fingerprint density at radius 1 is 1.00 bits per heavy atom. The highest BCUT2D eigenvalue weighted by molar-refractivity contribution is 4.91. The fourth-order valence-corrected chi connectivity index (χ4v) is 1.82. The summed E-state index contributed by atoms with van der Waals surface area (Å²) < 4.78 is 5.32. The zero-order valence-electron chi connectivity index (χ0n) is 8.91. The maximum Gasteiger partial charge on any atom is 0.111 e. The SMILES string of the molecule is CCCCC1O[C@@H](CO)[C@H](O)[C@@H](O)[C@@H]1O. The number of aliphatic hydroxyl groups is 4. The Hall–Kier alpha value is -0.200. The molecule has 4 N–H and O–H groups in total. The number of aliphatic hydroxyl groups excluding tert-OH is 4. The van der Waals surface area contributed by atoms with Gasteiger partial charge in [-0.1, -0.05) is 19.8 Å². The molecule has 0 aromatic rings. The minimum atomic E-state index is -1.24. The van der Waals surface area contributed by atoms with Gasteiger partial charge in [-0.05, 0) is 6.42 Å². The van der Waals surface area contributed by atoms with E-state index in [-0.39, 0.29) is 6.61 Å². The van der Waals surface area contributed by atoms with Crippen LogP contribution in [0.2, 0.25) is 0 Å². The molecule has 0 aromatic carbocycles. The molecule has 1 rings (SSSR count). The Kier molecular flexibility index (Phi) is 4.95. The van der Waals surface area contributed by atoms with Gasteiger partial charge in [0.05, 0.1) is 12.7 Å². The minimum Gasteiger partial charge on any atom is -0.394 e. The molecule has 1 saturated heterocycles. The molecule has 1 unspecified atom stereocenters. The maximum absolute atomic E-state index is 9.63. The summed E-state index contributed by atoms with van der Waals surface area (Å²) in [4.78, 5) is 0. The van der Waals surface area contributed by atoms with E-state index in [1.165, 1.54) is 0 Å². The molecule has 0 spiro atoms. The van der Waals surface area contributed by atoms with Gasteiger partial charge in [-0.2, -0.15) is 0 Å². The molecule has 5 atom stereocenters. The highest BCUT2D eigenvalue weighted by atomic mass is 16.5. The van der Waals surface area contributed by atoms with E-state index in [0.717, 1.165) is 12.8 Å². The average Bonchev–Trinajstić information content (AvgIpc) is 2.25. The Labute approximate surface area is 89.3 Å². The zero-order valence-corrected chi connectivity index (χ0v) is 8.91. The monoisotopic (exact) mass is 220 g/mol. The maximum atomic E-state index is 9.63. The van der Waals surface area contributed by atoms with Crippen LogP contribution in [0.1, 0.15) is 26.2 Å². The summed E-state index contributed by atoms with van der Waals surface area (Å²) in [6, 6.07) is 0. The van der Waals surface area contributed by atoms with E-state index in [0.29, 0.717) is 6.42 Å². The van der Waals surface area contributed by atoms with E-state index in [1.54, 1.807) is 0 Å². The molecule has 0 saturated carbocycles. The van der Waals surface area contributed by atoms with Crippen molar-refractivity contribution in [1.29, 1.82) is 0 Å². The summed E-state index contributed by atoms with van der Waals surface area (Å²) in [6.07, 6.45) is -2.36. The fourth-order valence-electron chi connectivity index (χ4n) is 1.82. The number of hydrogen-bond donors (Lipinski definition) is 4. The molecule has 15 heavy (non-hydrogen) atoms. The minimum absolute atomic E-state index is 0.354. The van der Waals surface area contributed by atoms with Crippen LogP contribution >= 0.6 is 0 Å². The number of unbranched alkanes of at least 4 members (excludes halogenated alkanes) is 1. The Morgan fingerprint density at radius 2 is 1.60 bits per heavy atom. The summed E-state index contributed by atoms with van der Waals surface area (Å²) in [7, 11) is 0. The predicted octanol–water partition coefficient (Wildman–Crippen LogP) is -0.981. The van der Waals surface area contributed by atoms with Gasteiger partial charge in [0.15, 0.2) is 0 Å². The van der Waals surface area contributed by atoms with Crippen molar-refractivity contribution in [2.45, 2.75) is 56.7 Å². The van der Waals surface area contributed by atoms with Gasteiger partial charge in [0, 0.05) is 0 Å². The average molecular weight is 220 g/mol. The molecule has 1 aliphatic heterocycles. The lowest BCUT2D eigenvalue weighted by Gasteiger charge is -2.40. The zero-order chi connectivity index (χ0) is 11.4. The van der Waals surface area contributed by atoms with E-state index in [4.69, 9.17) is 9.84 Å². The first-order valence-electron chi connectivity index (χ1n) is 5.42. The van der Waals surface area contributed by atoms with Crippen LogP contribution in [0.5, 0.6) is 0 Å². The fraction of sp³-hybridized carbons (Fsp3) is 1.00. The van der Waals surface area contributed by atoms with Crippen LogP contribution in [-0.4, -0.2) is 57.6 Å². The molecule has 1 aliphatic rings. The van der Waals surface area contributed by atoms with Gasteiger partial charge < -0.3 is 25.2 Å². The highest BCUT2D eigenvalue weighted by Gasteiger charge is 2.42. The lowest BCUT2D eigenvalue weighted by molar-refractivity contribution is -0.230. The van der Waals surface area contributed by atoms with Gasteiger partial charge in [0.25, 0.3) is 0 Å². The first-order valence-corrected chi connectivity index (χ1v) is 5.42. The van der Waals surface area contributed by atoms with Crippen LogP contribution in [0, 0.1) is 0 Å². The van der Waals surface area contributed by atoms with Crippen LogP contribution in [-0.2, 0) is 4.74 Å². The molecule has 0 aliphatic carbocycles. The summed E-state index contributed by atoms with van der Waals surface area (Å²) >= 11 is 0. The Morgan fingerprint density at radius 3 is 2.13 bits per heavy atom. The van der Waals surface area contributed by atoms with E-state index >= 15 is 0 Å². The molecular weight excluding hydrogens is 200 g/mol. The van der Waals surface area contributed by atoms with Crippen molar-refractivity contribution in [2.24, 2.45) is 0 Å². The van der Waals surface area contributed by atoms with E-state index in [9.17, 15) is 15.3 Å². The number of ether oxygens (including phenoxy) is 1. The molecule has 90 valence electrons. The second-order valence-electron chi connectivity index (χ2n) is 4.01. The second kappa shape index (κ2) is 5.77. The summed E-state index contributed by atoms with van der Waals surface area (Å²) in [6.45, 7) is 1.66. The molecule has 1 fully saturated rings. The molecule has 5 nitrogen and oxygen atoms in total. The van der Waals surface area contributed by atoms with Gasteiger partial charge in [-0.15, -0.1) is 0 Å². The molecule has 0 radical (unpaired) electrons. The van der Waals surface area contributed by atoms with Crippen molar-refractivity contribution in [2.75, 3.05) is 6.61 Å². The normalized spacial score (nSPS) is 41.8. The molecule has 0 amide bonds. The summed E-state index contributed by atoms with van der Waals surface area (Å²) in [5.41, 5.74) is 0. The van der Waals surface area contributed by atoms with Crippen LogP contribution in [0.25, 0.3) is 0 Å². The third-order valence-electron chi connectivity index (χ3n) is 2.83. The summed E-state index contributed by atoms with van der Waals surface area (Å²) in [5, 5.41) is 37.5. The largest absolute Gasteiger partial charge is 0.394 e. The van der Waals surface area contributed by atoms with Gasteiger partial charge in [0.1, 0.15) is 24.4 Å². The first-order chi connectivity index (χ1) is 7.11. The van der Waals surface area contributed by atoms with Crippen molar-refractivity contribution in [1.82, 2.24) is 0 Å². The van der Waals surface area contributed by atoms with Crippen molar-refractivity contribution in [3.8, 4) is 0 Å². The van der Waals surface area contributed by atoms with Gasteiger partial charge in [-0.3, -0.25) is 0 Å². The van der Waals surface area contributed by atoms with Gasteiger partial charge in [0.2, 0.25) is 0 Å². The predicted molar refractivity (Wildman–Crippen MR) is 53.3 cm³/mol. The standard InChI is InChI=1S/C10H20O5/c1-2-3-4-6-8(12)10(14)9(13)7(5-11)15-6/h6-14H,2-5H2,1H3/t6?,7-,8+,9-,10-/m0/s1. The van der Waals surface area contributed by atoms with Crippen molar-refractivity contribution in [3.05, 3.63) is 0 Å². The molecule has 5 heteroatoms. The van der Waals surface area contributed by atoms with Crippen molar-refractivity contribution in [3.63, 3.8) is 0 Å². The van der Waals surface area contributed by atoms with E-state index in [1.807, 2.05) is 6.92 Å². The van der Waals surface area contributed by atoms with Crippen LogP contribution in [0.15, 0.2) is 0 Å². The van der Waals surface area contributed by atoms with Crippen LogP contribution in [0.4, 0.5) is 0 Å². The van der Waals surface area contributed by atoms with E-state index < -0.39 is 30.5 Å². The quantitative estimate of drug-likeness (QED) is 0.489. The molecular formula is C10H20O5. The Bertz CT molecular complexity index is 185. The smallest absolute Gasteiger partial charge is 0.111 e. The topological polar surface area (TPSA) is 90.2 Å². The second-order valence-corrected chi connectivity index (χ2v) is 4.01. The third-order valence-corrected chi connectivity index (χ3v) is 2.83. The first kappa shape index (κ1) is 12.9. The van der Waals surface area contributed by atoms with Crippen LogP contribution in [0.3, 0.4) is 0 Å². The molecule has 0 aromatic heterocycles.